The van der Waals surface area contributed by atoms with Crippen LogP contribution in [0.15, 0.2) is 94.6 Å². The van der Waals surface area contributed by atoms with Crippen LogP contribution in [0.3, 0.4) is 0 Å². The number of benzene rings is 3. The lowest BCUT2D eigenvalue weighted by molar-refractivity contribution is -0.130. The number of fused-ring (bicyclic) bond motifs is 1. The van der Waals surface area contributed by atoms with Gasteiger partial charge in [-0.15, -0.1) is 0 Å². The Morgan fingerprint density at radius 1 is 1.00 bits per heavy atom. The van der Waals surface area contributed by atoms with Crippen LogP contribution in [0.4, 0.5) is 0 Å². The van der Waals surface area contributed by atoms with Gasteiger partial charge >= 0.3 is 0 Å². The highest BCUT2D eigenvalue weighted by Crippen LogP contribution is 2.42. The fourth-order valence-corrected chi connectivity index (χ4v) is 4.53. The Morgan fingerprint density at radius 3 is 2.47 bits per heavy atom. The molecule has 1 amide bonds. The standard InChI is InChI=1S/C29H25NO6/c1-3-35-22-14-13-20(16-23(22)34-2)26-25(27(31)24-15-19-11-7-8-12-21(19)36-24)28(32)29(33)30(26)17-18-9-5-4-6-10-18/h4-16,26,32H,3,17H2,1-2H3. The Morgan fingerprint density at radius 2 is 1.75 bits per heavy atom. The predicted octanol–water partition coefficient (Wildman–Crippen LogP) is 5.62. The molecule has 0 aliphatic carbocycles. The van der Waals surface area contributed by atoms with Crippen molar-refractivity contribution in [3.05, 3.63) is 107 Å². The predicted molar refractivity (Wildman–Crippen MR) is 134 cm³/mol. The molecule has 182 valence electrons. The molecular formula is C29H25NO6. The summed E-state index contributed by atoms with van der Waals surface area (Å²) in [5.74, 6) is -0.713. The van der Waals surface area contributed by atoms with E-state index in [1.54, 1.807) is 30.3 Å². The number of para-hydroxylation sites is 1. The number of hydrogen-bond acceptors (Lipinski definition) is 6. The number of nitrogens with zero attached hydrogens (tertiary/aromatic N) is 1. The summed E-state index contributed by atoms with van der Waals surface area (Å²) in [6, 6.07) is 22.7. The van der Waals surface area contributed by atoms with Gasteiger partial charge in [-0.25, -0.2) is 0 Å². The minimum Gasteiger partial charge on any atom is -0.503 e. The van der Waals surface area contributed by atoms with Crippen molar-refractivity contribution in [1.82, 2.24) is 4.90 Å². The normalized spacial score (nSPS) is 15.6. The maximum absolute atomic E-state index is 13.7. The van der Waals surface area contributed by atoms with Crippen LogP contribution in [-0.2, 0) is 11.3 Å². The van der Waals surface area contributed by atoms with E-state index in [1.807, 2.05) is 55.5 Å². The molecule has 1 atom stereocenters. The number of carbonyl (C=O) groups is 2. The van der Waals surface area contributed by atoms with Gasteiger partial charge in [0.25, 0.3) is 5.91 Å². The minimum absolute atomic E-state index is 0.0406. The van der Waals surface area contributed by atoms with Gasteiger partial charge in [0.15, 0.2) is 23.0 Å². The van der Waals surface area contributed by atoms with Gasteiger partial charge in [0, 0.05) is 11.9 Å². The zero-order chi connectivity index (χ0) is 25.2. The van der Waals surface area contributed by atoms with Gasteiger partial charge in [-0.3, -0.25) is 9.59 Å². The van der Waals surface area contributed by atoms with Gasteiger partial charge in [0.2, 0.25) is 5.78 Å². The second kappa shape index (κ2) is 9.62. The van der Waals surface area contributed by atoms with E-state index in [-0.39, 0.29) is 17.9 Å². The zero-order valence-electron chi connectivity index (χ0n) is 19.9. The summed E-state index contributed by atoms with van der Waals surface area (Å²) in [7, 11) is 1.52. The van der Waals surface area contributed by atoms with Crippen LogP contribution in [0.25, 0.3) is 11.0 Å². The Balaban J connectivity index is 1.62. The molecule has 4 aromatic rings. The van der Waals surface area contributed by atoms with Crippen LogP contribution in [0, 0.1) is 0 Å². The number of rotatable bonds is 8. The first-order valence-electron chi connectivity index (χ1n) is 11.6. The summed E-state index contributed by atoms with van der Waals surface area (Å²) in [6.07, 6.45) is 0. The number of aliphatic hydroxyl groups is 1. The average molecular weight is 484 g/mol. The lowest BCUT2D eigenvalue weighted by Crippen LogP contribution is -2.30. The smallest absolute Gasteiger partial charge is 0.290 e. The molecule has 1 aliphatic rings. The second-order valence-electron chi connectivity index (χ2n) is 8.40. The molecule has 1 aromatic heterocycles. The molecule has 2 heterocycles. The Kier molecular flexibility index (Phi) is 6.21. The van der Waals surface area contributed by atoms with Gasteiger partial charge in [0.1, 0.15) is 5.58 Å². The van der Waals surface area contributed by atoms with Crippen molar-refractivity contribution in [2.45, 2.75) is 19.5 Å². The number of ether oxygens (including phenoxy) is 2. The SMILES string of the molecule is CCOc1ccc(C2C(C(=O)c3cc4ccccc4o3)=C(O)C(=O)N2Cc2ccccc2)cc1OC. The summed E-state index contributed by atoms with van der Waals surface area (Å²) in [6.45, 7) is 2.52. The molecule has 0 fully saturated rings. The lowest BCUT2D eigenvalue weighted by atomic mass is 9.94. The first kappa shape index (κ1) is 23.2. The number of aliphatic hydroxyl groups excluding tert-OH is 1. The third-order valence-electron chi connectivity index (χ3n) is 6.20. The molecule has 0 spiro atoms. The summed E-state index contributed by atoms with van der Waals surface area (Å²) in [4.78, 5) is 28.5. The highest BCUT2D eigenvalue weighted by molar-refractivity contribution is 6.16. The molecule has 36 heavy (non-hydrogen) atoms. The molecular weight excluding hydrogens is 458 g/mol. The van der Waals surface area contributed by atoms with E-state index in [0.717, 1.165) is 10.9 Å². The van der Waals surface area contributed by atoms with Crippen molar-refractivity contribution in [3.8, 4) is 11.5 Å². The van der Waals surface area contributed by atoms with Gasteiger partial charge in [-0.2, -0.15) is 0 Å². The molecule has 0 radical (unpaired) electrons. The number of hydrogen-bond donors (Lipinski definition) is 1. The van der Waals surface area contributed by atoms with Crippen molar-refractivity contribution in [3.63, 3.8) is 0 Å². The zero-order valence-corrected chi connectivity index (χ0v) is 19.9. The number of Topliss-reactive ketones (excluding diaryl/α,β-unsaturated/α-hetero) is 1. The van der Waals surface area contributed by atoms with Crippen molar-refractivity contribution in [2.24, 2.45) is 0 Å². The van der Waals surface area contributed by atoms with E-state index in [0.29, 0.717) is 29.3 Å². The van der Waals surface area contributed by atoms with E-state index in [9.17, 15) is 14.7 Å². The van der Waals surface area contributed by atoms with Crippen LogP contribution >= 0.6 is 0 Å². The Labute approximate surface area is 208 Å². The van der Waals surface area contributed by atoms with Crippen molar-refractivity contribution in [2.75, 3.05) is 13.7 Å². The number of carbonyl (C=O) groups excluding carboxylic acids is 2. The third kappa shape index (κ3) is 4.09. The monoisotopic (exact) mass is 483 g/mol. The van der Waals surface area contributed by atoms with Crippen molar-refractivity contribution in [1.29, 1.82) is 0 Å². The summed E-state index contributed by atoms with van der Waals surface area (Å²) in [5.41, 5.74) is 1.97. The minimum atomic E-state index is -0.858. The molecule has 5 rings (SSSR count). The van der Waals surface area contributed by atoms with Gasteiger partial charge in [0.05, 0.1) is 25.3 Å². The quantitative estimate of drug-likeness (QED) is 0.327. The molecule has 1 aliphatic heterocycles. The van der Waals surface area contributed by atoms with Crippen LogP contribution in [0.2, 0.25) is 0 Å². The molecule has 0 saturated carbocycles. The van der Waals surface area contributed by atoms with Crippen LogP contribution < -0.4 is 9.47 Å². The summed E-state index contributed by atoms with van der Waals surface area (Å²) < 4.78 is 16.9. The Hall–Kier alpha value is -4.52. The first-order valence-corrected chi connectivity index (χ1v) is 11.6. The third-order valence-corrected chi connectivity index (χ3v) is 6.20. The molecule has 1 unspecified atom stereocenters. The van der Waals surface area contributed by atoms with E-state index in [2.05, 4.69) is 0 Å². The number of amides is 1. The first-order chi connectivity index (χ1) is 17.5. The number of ketones is 1. The maximum atomic E-state index is 13.7. The van der Waals surface area contributed by atoms with Crippen LogP contribution in [0.5, 0.6) is 11.5 Å². The van der Waals surface area contributed by atoms with E-state index in [4.69, 9.17) is 13.9 Å². The van der Waals surface area contributed by atoms with Gasteiger partial charge in [-0.05, 0) is 42.3 Å². The summed E-state index contributed by atoms with van der Waals surface area (Å²) in [5, 5.41) is 11.7. The fraction of sp³-hybridized carbons (Fsp3) is 0.172. The highest BCUT2D eigenvalue weighted by Gasteiger charge is 2.44. The molecule has 1 N–H and O–H groups in total. The van der Waals surface area contributed by atoms with Gasteiger partial charge < -0.3 is 23.9 Å². The maximum Gasteiger partial charge on any atom is 0.290 e. The average Bonchev–Trinajstić information content (AvgIpc) is 3.44. The topological polar surface area (TPSA) is 89.2 Å². The van der Waals surface area contributed by atoms with Crippen LogP contribution in [-0.4, -0.2) is 35.4 Å². The van der Waals surface area contributed by atoms with E-state index >= 15 is 0 Å². The van der Waals surface area contributed by atoms with Gasteiger partial charge in [-0.1, -0.05) is 54.6 Å². The highest BCUT2D eigenvalue weighted by atomic mass is 16.5. The lowest BCUT2D eigenvalue weighted by Gasteiger charge is -2.27. The van der Waals surface area contributed by atoms with Crippen molar-refractivity contribution < 1.29 is 28.6 Å². The molecule has 7 heteroatoms. The Bertz CT molecular complexity index is 1440. The van der Waals surface area contributed by atoms with Crippen LogP contribution in [0.1, 0.15) is 34.6 Å². The molecule has 0 saturated heterocycles. The van der Waals surface area contributed by atoms with E-state index in [1.165, 1.54) is 12.0 Å². The van der Waals surface area contributed by atoms with Crippen molar-refractivity contribution >= 4 is 22.7 Å². The largest absolute Gasteiger partial charge is 0.503 e. The number of methoxy groups -OCH3 is 1. The molecule has 0 bridgehead atoms. The molecule has 3 aromatic carbocycles. The second-order valence-corrected chi connectivity index (χ2v) is 8.40. The van der Waals surface area contributed by atoms with E-state index < -0.39 is 23.5 Å². The molecule has 7 nitrogen and oxygen atoms in total. The number of furan rings is 1. The summed E-state index contributed by atoms with van der Waals surface area (Å²) >= 11 is 0. The fourth-order valence-electron chi connectivity index (χ4n) is 4.53.